The zero-order valence-electron chi connectivity index (χ0n) is 43.1. The first kappa shape index (κ1) is 56.0. The van der Waals surface area contributed by atoms with Gasteiger partial charge in [0, 0.05) is 103 Å². The summed E-state index contributed by atoms with van der Waals surface area (Å²) < 4.78 is 65.7. The third-order valence-electron chi connectivity index (χ3n) is 16.8. The molecule has 0 bridgehead atoms. The number of ether oxygens (including phenoxy) is 2. The van der Waals surface area contributed by atoms with Gasteiger partial charge in [0.2, 0.25) is 0 Å². The highest BCUT2D eigenvalue weighted by Gasteiger charge is 2.80. The molecule has 16 nitrogen and oxygen atoms in total. The smallest absolute Gasteiger partial charge is 0.319 e. The number of halogens is 1. The van der Waals surface area contributed by atoms with E-state index in [-0.39, 0.29) is 72.1 Å². The number of aliphatic hydroxyl groups is 3. The van der Waals surface area contributed by atoms with E-state index in [4.69, 9.17) is 29.4 Å². The second-order valence-electron chi connectivity index (χ2n) is 21.3. The first-order valence-electron chi connectivity index (χ1n) is 25.5. The number of carbonyl (C=O) groups excluding carboxylic acids is 4. The molecule has 0 amide bonds. The maximum absolute atomic E-state index is 13.2. The number of nitrogens with zero attached hydrogens (tertiary/aromatic N) is 2. The number of fused-ring (bicyclic) bond motifs is 4. The molecule has 0 radical (unpaired) electrons. The number of esters is 2. The average Bonchev–Trinajstić information content (AvgIpc) is 3.67. The van der Waals surface area contributed by atoms with Crippen LogP contribution in [0.25, 0.3) is 21.5 Å². The van der Waals surface area contributed by atoms with Crippen LogP contribution < -0.4 is 9.80 Å². The van der Waals surface area contributed by atoms with Crippen molar-refractivity contribution >= 4 is 86.3 Å². The first-order valence-corrected chi connectivity index (χ1v) is 29.2. The van der Waals surface area contributed by atoms with Crippen molar-refractivity contribution in [1.82, 2.24) is 0 Å². The minimum atomic E-state index is -4.13. The highest BCUT2D eigenvalue weighted by molar-refractivity contribution is 8.14. The van der Waals surface area contributed by atoms with Crippen molar-refractivity contribution in [1.29, 1.82) is 0 Å². The minimum absolute atomic E-state index is 0.0263. The third-order valence-corrected chi connectivity index (χ3v) is 19.6. The monoisotopic (exact) mass is 1090 g/mol. The summed E-state index contributed by atoms with van der Waals surface area (Å²) in [6.45, 7) is 3.04. The molecule has 19 heteroatoms. The molecule has 75 heavy (non-hydrogen) atoms. The van der Waals surface area contributed by atoms with Gasteiger partial charge in [-0.15, -0.1) is 0 Å². The number of anilines is 2. The summed E-state index contributed by atoms with van der Waals surface area (Å²) in [4.78, 5) is 54.4. The number of benzene rings is 4. The van der Waals surface area contributed by atoms with Crippen LogP contribution in [0.2, 0.25) is 0 Å². The molecule has 0 unspecified atom stereocenters. The molecule has 2 saturated heterocycles. The largest absolute Gasteiger partial charge is 0.457 e. The predicted molar refractivity (Wildman–Crippen MR) is 284 cm³/mol. The van der Waals surface area contributed by atoms with Crippen LogP contribution in [-0.4, -0.2) is 120 Å². The fourth-order valence-corrected chi connectivity index (χ4v) is 15.0. The average molecular weight is 1090 g/mol. The van der Waals surface area contributed by atoms with Crippen LogP contribution in [0.4, 0.5) is 11.4 Å². The molecule has 4 aliphatic carbocycles. The van der Waals surface area contributed by atoms with Gasteiger partial charge < -0.3 is 34.6 Å². The van der Waals surface area contributed by atoms with Crippen LogP contribution >= 0.6 is 10.7 Å². The fraction of sp³-hybridized carbons (Fsp3) is 0.500. The first-order chi connectivity index (χ1) is 35.4. The van der Waals surface area contributed by atoms with E-state index in [2.05, 4.69) is 0 Å². The second kappa shape index (κ2) is 21.3. The third kappa shape index (κ3) is 9.60. The highest BCUT2D eigenvalue weighted by atomic mass is 35.7. The molecule has 3 N–H and O–H groups in total. The molecule has 2 heterocycles. The van der Waals surface area contributed by atoms with Crippen molar-refractivity contribution in [3.05, 3.63) is 97.1 Å². The Morgan fingerprint density at radius 1 is 0.640 bits per heavy atom. The molecular formula is C56H67ClN2O14S2. The Balaban J connectivity index is 0.000000165. The fourth-order valence-electron chi connectivity index (χ4n) is 12.8. The zero-order valence-corrected chi connectivity index (χ0v) is 45.5. The Morgan fingerprint density at radius 2 is 1.05 bits per heavy atom. The summed E-state index contributed by atoms with van der Waals surface area (Å²) in [5, 5.41) is 34.1. The normalized spacial score (nSPS) is 29.6. The molecule has 2 saturated carbocycles. The summed E-state index contributed by atoms with van der Waals surface area (Å²) in [6.07, 6.45) is 11.6. The van der Waals surface area contributed by atoms with Crippen molar-refractivity contribution in [3.8, 4) is 0 Å². The molecule has 4 aromatic carbocycles. The number of rotatable bonds is 14. The van der Waals surface area contributed by atoms with Gasteiger partial charge in [0.05, 0.1) is 35.5 Å². The Kier molecular flexibility index (Phi) is 15.9. The number of allylic oxidation sites excluding steroid dienone is 2. The second-order valence-corrected chi connectivity index (χ2v) is 25.4. The van der Waals surface area contributed by atoms with Gasteiger partial charge in [-0.05, 0) is 89.5 Å². The van der Waals surface area contributed by atoms with E-state index >= 15 is 0 Å². The number of aliphatic hydroxyl groups excluding tert-OH is 3. The van der Waals surface area contributed by atoms with Gasteiger partial charge >= 0.3 is 11.9 Å². The summed E-state index contributed by atoms with van der Waals surface area (Å²) in [5.74, 6) is -2.92. The maximum atomic E-state index is 13.2. The van der Waals surface area contributed by atoms with Crippen LogP contribution in [0.5, 0.6) is 0 Å². The van der Waals surface area contributed by atoms with Gasteiger partial charge in [0.1, 0.15) is 38.5 Å². The SMILES string of the molecule is CN(C)c1cccc2c(S(=O)(=O)Cl)cccc12.CN(C)c1cccc2c(S(=O)(=O)OCC[C@H]3C(=O)C[C@@]4([C@@H](O)[C@@H]5C=CCCC5)C(=O)O[C@@]34C)cccc12.C[C@@]12OC(=O)[C@]1([C@@H](O)[C@@H]1C=CCCC1)CC(=O)[C@@H]2CCO. The molecule has 0 aromatic heterocycles. The maximum Gasteiger partial charge on any atom is 0.319 e. The topological polar surface area (TPSA) is 231 Å². The number of carbonyl (C=O) groups is 4. The number of ketones is 2. The lowest BCUT2D eigenvalue weighted by atomic mass is 9.60. The van der Waals surface area contributed by atoms with Crippen molar-refractivity contribution in [3.63, 3.8) is 0 Å². The van der Waals surface area contributed by atoms with Gasteiger partial charge in [-0.2, -0.15) is 8.42 Å². The van der Waals surface area contributed by atoms with E-state index in [1.807, 2.05) is 92.6 Å². The van der Waals surface area contributed by atoms with Crippen LogP contribution in [0.15, 0.2) is 107 Å². The summed E-state index contributed by atoms with van der Waals surface area (Å²) in [5.41, 5.74) is -2.76. The van der Waals surface area contributed by atoms with E-state index in [9.17, 15) is 46.2 Å². The van der Waals surface area contributed by atoms with E-state index in [1.165, 1.54) is 12.1 Å². The number of Topliss-reactive ketones (excluding diaryl/α,β-unsaturated/α-hetero) is 2. The number of hydrogen-bond acceptors (Lipinski definition) is 16. The molecule has 4 fully saturated rings. The minimum Gasteiger partial charge on any atom is -0.457 e. The van der Waals surface area contributed by atoms with Crippen molar-refractivity contribution in [2.75, 3.05) is 51.2 Å². The lowest BCUT2D eigenvalue weighted by Gasteiger charge is -2.55. The lowest BCUT2D eigenvalue weighted by molar-refractivity contribution is -0.264. The standard InChI is InChI=1S/C28H33NO7S.C16H22O5.C12H12ClNO2S/c1-27-21(23(30)17-28(27,26(32)36-27)25(31)18-9-5-4-6-10-18)15-16-35-37(33,34)24-14-8-11-19-20(24)12-7-13-22(19)29(2)3;1-15-11(7-8-17)12(18)9-16(15,14(20)21-15)13(19)10-5-3-2-4-6-10;1-14(2)11-7-3-6-10-9(11)5-4-8-12(10)17(13,15)16/h5,7-9,11-14,18,21,25,31H,4,6,10,15-17H2,1-3H3;3,5,10-11,13,17,19H,2,4,6-9H2,1H3;3-8H,1-2H3/t18-,21+,25+,27+,28-;10-,11+,13+,15+,16-;/m11./s1. The van der Waals surface area contributed by atoms with E-state index in [0.717, 1.165) is 60.7 Å². The Morgan fingerprint density at radius 3 is 1.45 bits per heavy atom. The van der Waals surface area contributed by atoms with Gasteiger partial charge in [-0.3, -0.25) is 23.4 Å². The summed E-state index contributed by atoms with van der Waals surface area (Å²) >= 11 is 0. The molecule has 4 aromatic rings. The lowest BCUT2D eigenvalue weighted by Crippen LogP contribution is -2.70. The predicted octanol–water partition coefficient (Wildman–Crippen LogP) is 7.42. The Bertz CT molecular complexity index is 3180. The van der Waals surface area contributed by atoms with Crippen LogP contribution in [0.3, 0.4) is 0 Å². The molecule has 10 atom stereocenters. The molecule has 0 spiro atoms. The Labute approximate surface area is 443 Å². The van der Waals surface area contributed by atoms with Crippen molar-refractivity contribution < 1.29 is 65.0 Å². The van der Waals surface area contributed by atoms with Gasteiger partial charge in [0.15, 0.2) is 0 Å². The van der Waals surface area contributed by atoms with Gasteiger partial charge in [0.25, 0.3) is 19.2 Å². The molecule has 404 valence electrons. The van der Waals surface area contributed by atoms with Crippen molar-refractivity contribution in [2.24, 2.45) is 34.5 Å². The van der Waals surface area contributed by atoms with Crippen LogP contribution in [-0.2, 0) is 52.0 Å². The zero-order chi connectivity index (χ0) is 54.5. The Hall–Kier alpha value is -5.21. The van der Waals surface area contributed by atoms with E-state index in [1.54, 1.807) is 44.2 Å². The van der Waals surface area contributed by atoms with Gasteiger partial charge in [-0.25, -0.2) is 8.42 Å². The van der Waals surface area contributed by atoms with E-state index < -0.39 is 77.2 Å². The molecule has 6 aliphatic rings. The molecule has 10 rings (SSSR count). The highest BCUT2D eigenvalue weighted by Crippen LogP contribution is 2.64. The summed E-state index contributed by atoms with van der Waals surface area (Å²) in [7, 11) is 5.19. The van der Waals surface area contributed by atoms with E-state index in [0.29, 0.717) is 10.8 Å². The van der Waals surface area contributed by atoms with Crippen molar-refractivity contribution in [2.45, 2.75) is 111 Å². The molecular weight excluding hydrogens is 1020 g/mol. The number of hydrogen-bond donors (Lipinski definition) is 3. The van der Waals surface area contributed by atoms with Gasteiger partial charge in [-0.1, -0.05) is 72.8 Å². The van der Waals surface area contributed by atoms with Crippen LogP contribution in [0, 0.1) is 34.5 Å². The quantitative estimate of drug-likeness (QED) is 0.0483. The molecule has 2 aliphatic heterocycles. The summed E-state index contributed by atoms with van der Waals surface area (Å²) in [6, 6.07) is 21.1. The van der Waals surface area contributed by atoms with Crippen LogP contribution in [0.1, 0.15) is 78.1 Å².